The van der Waals surface area contributed by atoms with Gasteiger partial charge in [-0.25, -0.2) is 0 Å². The third-order valence-corrected chi connectivity index (χ3v) is 5.38. The summed E-state index contributed by atoms with van der Waals surface area (Å²) in [6.45, 7) is 6.30. The van der Waals surface area contributed by atoms with Crippen molar-refractivity contribution in [2.75, 3.05) is 0 Å². The average molecular weight is 350 g/mol. The van der Waals surface area contributed by atoms with E-state index >= 15 is 0 Å². The summed E-state index contributed by atoms with van der Waals surface area (Å²) in [7, 11) is 0. The van der Waals surface area contributed by atoms with Crippen molar-refractivity contribution in [2.45, 2.75) is 72.6 Å². The second-order valence-corrected chi connectivity index (χ2v) is 7.42. The summed E-state index contributed by atoms with van der Waals surface area (Å²) in [4.78, 5) is 58.9. The molecule has 1 aliphatic rings. The Kier molecular flexibility index (Phi) is 8.33. The molecule has 1 rings (SSSR count). The van der Waals surface area contributed by atoms with E-state index in [0.717, 1.165) is 0 Å². The summed E-state index contributed by atoms with van der Waals surface area (Å²) in [5.74, 6) is -1.40. The van der Waals surface area contributed by atoms with Gasteiger partial charge in [-0.3, -0.25) is 19.2 Å². The quantitative estimate of drug-likeness (QED) is 0.565. The third-order valence-electron chi connectivity index (χ3n) is 5.38. The fraction of sp³-hybridized carbons (Fsp3) is 0.750. The van der Waals surface area contributed by atoms with Crippen LogP contribution in [-0.2, 0) is 24.0 Å². The van der Waals surface area contributed by atoms with Gasteiger partial charge in [-0.05, 0) is 38.5 Å². The third kappa shape index (κ3) is 6.29. The van der Waals surface area contributed by atoms with E-state index in [1.165, 1.54) is 13.8 Å². The van der Waals surface area contributed by atoms with Crippen LogP contribution in [0.2, 0.25) is 0 Å². The minimum atomic E-state index is -0.517. The summed E-state index contributed by atoms with van der Waals surface area (Å²) in [5.41, 5.74) is 0. The van der Waals surface area contributed by atoms with Crippen LogP contribution in [0.25, 0.3) is 0 Å². The molecule has 0 saturated heterocycles. The van der Waals surface area contributed by atoms with E-state index in [9.17, 15) is 24.0 Å². The maximum absolute atomic E-state index is 12.7. The summed E-state index contributed by atoms with van der Waals surface area (Å²) in [6.07, 6.45) is 3.40. The van der Waals surface area contributed by atoms with Crippen molar-refractivity contribution in [1.29, 1.82) is 0 Å². The van der Waals surface area contributed by atoms with Gasteiger partial charge in [0.05, 0.1) is 0 Å². The molecule has 1 fully saturated rings. The van der Waals surface area contributed by atoms with E-state index in [1.54, 1.807) is 6.92 Å². The second kappa shape index (κ2) is 9.73. The lowest BCUT2D eigenvalue weighted by Gasteiger charge is -2.35. The highest BCUT2D eigenvalue weighted by atomic mass is 16.2. The van der Waals surface area contributed by atoms with Crippen LogP contribution in [0.15, 0.2) is 0 Å². The normalized spacial score (nSPS) is 24.4. The average Bonchev–Trinajstić information content (AvgIpc) is 2.57. The molecular weight excluding hydrogens is 320 g/mol. The van der Waals surface area contributed by atoms with E-state index in [0.29, 0.717) is 38.5 Å². The zero-order valence-electron chi connectivity index (χ0n) is 15.8. The molecule has 0 aromatic carbocycles. The first kappa shape index (κ1) is 21.4. The highest BCUT2D eigenvalue weighted by Crippen LogP contribution is 2.39. The first-order valence-electron chi connectivity index (χ1n) is 9.26. The molecule has 0 spiro atoms. The maximum Gasteiger partial charge on any atom is 0.198 e. The van der Waals surface area contributed by atoms with E-state index in [2.05, 4.69) is 0 Å². The van der Waals surface area contributed by atoms with Gasteiger partial charge in [-0.1, -0.05) is 13.8 Å². The predicted octanol–water partition coefficient (Wildman–Crippen LogP) is 3.12. The van der Waals surface area contributed by atoms with Crippen LogP contribution in [0.4, 0.5) is 0 Å². The molecule has 25 heavy (non-hydrogen) atoms. The molecule has 4 unspecified atom stereocenters. The number of hydrogen-bond donors (Lipinski definition) is 0. The topological polar surface area (TPSA) is 85.3 Å². The Morgan fingerprint density at radius 1 is 1.04 bits per heavy atom. The summed E-state index contributed by atoms with van der Waals surface area (Å²) in [5, 5.41) is 0. The van der Waals surface area contributed by atoms with Gasteiger partial charge in [0.25, 0.3) is 0 Å². The van der Waals surface area contributed by atoms with Gasteiger partial charge in [0.1, 0.15) is 17.3 Å². The van der Waals surface area contributed by atoms with Gasteiger partial charge in [-0.2, -0.15) is 0 Å². The maximum atomic E-state index is 12.7. The first-order valence-corrected chi connectivity index (χ1v) is 9.26. The van der Waals surface area contributed by atoms with Gasteiger partial charge in [0.2, 0.25) is 0 Å². The molecule has 4 atom stereocenters. The van der Waals surface area contributed by atoms with Gasteiger partial charge >= 0.3 is 0 Å². The largest absolute Gasteiger partial charge is 0.300 e. The van der Waals surface area contributed by atoms with Crippen molar-refractivity contribution < 1.29 is 24.0 Å². The molecule has 5 nitrogen and oxygen atoms in total. The lowest BCUT2D eigenvalue weighted by atomic mass is 9.67. The number of ketones is 5. The lowest BCUT2D eigenvalue weighted by Crippen LogP contribution is -2.36. The SMILES string of the molecule is CCC(=O)C1CCC(C(=O)C(C)CC(=O)C(C)=O)CC1CCC(C)=O. The fourth-order valence-electron chi connectivity index (χ4n) is 3.84. The molecule has 0 aromatic rings. The molecule has 140 valence electrons. The van der Waals surface area contributed by atoms with Crippen molar-refractivity contribution in [3.63, 3.8) is 0 Å². The summed E-state index contributed by atoms with van der Waals surface area (Å²) >= 11 is 0. The van der Waals surface area contributed by atoms with Crippen LogP contribution in [0.5, 0.6) is 0 Å². The molecule has 1 aliphatic carbocycles. The molecule has 0 heterocycles. The lowest BCUT2D eigenvalue weighted by molar-refractivity contribution is -0.138. The molecular formula is C20H30O5. The Morgan fingerprint density at radius 2 is 1.68 bits per heavy atom. The Morgan fingerprint density at radius 3 is 2.20 bits per heavy atom. The van der Waals surface area contributed by atoms with Crippen LogP contribution in [0.3, 0.4) is 0 Å². The summed E-state index contributed by atoms with van der Waals surface area (Å²) in [6, 6.07) is 0. The standard InChI is InChI=1S/C20H30O5/c1-5-18(23)17-9-8-16(11-15(17)7-6-13(3)21)20(25)12(2)10-19(24)14(4)22/h12,15-17H,5-11H2,1-4H3. The Hall–Kier alpha value is -1.65. The van der Waals surface area contributed by atoms with Crippen molar-refractivity contribution in [2.24, 2.45) is 23.7 Å². The molecule has 0 aliphatic heterocycles. The Bertz CT molecular complexity index is 548. The minimum absolute atomic E-state index is 0.00447. The smallest absolute Gasteiger partial charge is 0.198 e. The zero-order chi connectivity index (χ0) is 19.1. The van der Waals surface area contributed by atoms with Gasteiger partial charge in [0, 0.05) is 43.9 Å². The van der Waals surface area contributed by atoms with E-state index < -0.39 is 17.5 Å². The second-order valence-electron chi connectivity index (χ2n) is 7.42. The molecule has 0 N–H and O–H groups in total. The highest BCUT2D eigenvalue weighted by Gasteiger charge is 2.38. The van der Waals surface area contributed by atoms with Crippen molar-refractivity contribution >= 4 is 28.9 Å². The van der Waals surface area contributed by atoms with Gasteiger partial charge in [0.15, 0.2) is 11.6 Å². The van der Waals surface area contributed by atoms with E-state index in [4.69, 9.17) is 0 Å². The number of Topliss-reactive ketones (excluding diaryl/α,β-unsaturated/α-hetero) is 5. The van der Waals surface area contributed by atoms with E-state index in [1.807, 2.05) is 6.92 Å². The molecule has 5 heteroatoms. The van der Waals surface area contributed by atoms with Crippen molar-refractivity contribution in [3.8, 4) is 0 Å². The molecule has 0 aromatic heterocycles. The number of carbonyl (C=O) groups is 5. The van der Waals surface area contributed by atoms with Gasteiger partial charge in [-0.15, -0.1) is 0 Å². The molecule has 0 bridgehead atoms. The first-order chi connectivity index (χ1) is 11.7. The van der Waals surface area contributed by atoms with Gasteiger partial charge < -0.3 is 4.79 Å². The zero-order valence-corrected chi connectivity index (χ0v) is 15.8. The highest BCUT2D eigenvalue weighted by molar-refractivity contribution is 6.36. The van der Waals surface area contributed by atoms with Crippen LogP contribution >= 0.6 is 0 Å². The number of carbonyl (C=O) groups excluding carboxylic acids is 5. The minimum Gasteiger partial charge on any atom is -0.300 e. The van der Waals surface area contributed by atoms with Crippen LogP contribution in [0.1, 0.15) is 72.6 Å². The Labute approximate surface area is 149 Å². The van der Waals surface area contributed by atoms with Crippen LogP contribution < -0.4 is 0 Å². The Balaban J connectivity index is 2.77. The molecule has 0 amide bonds. The fourth-order valence-corrected chi connectivity index (χ4v) is 3.84. The monoisotopic (exact) mass is 350 g/mol. The van der Waals surface area contributed by atoms with Crippen molar-refractivity contribution in [1.82, 2.24) is 0 Å². The van der Waals surface area contributed by atoms with Crippen LogP contribution in [-0.4, -0.2) is 28.9 Å². The molecule has 0 radical (unpaired) electrons. The summed E-state index contributed by atoms with van der Waals surface area (Å²) < 4.78 is 0. The number of hydrogen-bond acceptors (Lipinski definition) is 5. The van der Waals surface area contributed by atoms with Crippen LogP contribution in [0, 0.1) is 23.7 Å². The number of rotatable bonds is 10. The van der Waals surface area contributed by atoms with E-state index in [-0.39, 0.29) is 41.5 Å². The predicted molar refractivity (Wildman–Crippen MR) is 94.0 cm³/mol. The van der Waals surface area contributed by atoms with Crippen molar-refractivity contribution in [3.05, 3.63) is 0 Å². The molecule has 1 saturated carbocycles.